The molecule has 2 aliphatic rings. The van der Waals surface area contributed by atoms with Crippen molar-refractivity contribution in [1.82, 2.24) is 9.55 Å². The van der Waals surface area contributed by atoms with Gasteiger partial charge in [0.15, 0.2) is 0 Å². The summed E-state index contributed by atoms with van der Waals surface area (Å²) in [6.45, 7) is 5.51. The summed E-state index contributed by atoms with van der Waals surface area (Å²) in [5.41, 5.74) is 7.65. The Balaban J connectivity index is 1.70. The molecule has 8 nitrogen and oxygen atoms in total. The van der Waals surface area contributed by atoms with E-state index < -0.39 is 23.6 Å². The third-order valence-corrected chi connectivity index (χ3v) is 6.65. The molecule has 0 aliphatic carbocycles. The number of fused-ring (bicyclic) bond motifs is 5. The van der Waals surface area contributed by atoms with Gasteiger partial charge in [-0.1, -0.05) is 39.0 Å². The molecule has 170 valence electrons. The van der Waals surface area contributed by atoms with Crippen LogP contribution in [0.5, 0.6) is 0 Å². The summed E-state index contributed by atoms with van der Waals surface area (Å²) < 4.78 is 12.7. The minimum atomic E-state index is -1.73. The number of ether oxygens (including phenoxy) is 2. The lowest BCUT2D eigenvalue weighted by molar-refractivity contribution is -0.190. The van der Waals surface area contributed by atoms with Gasteiger partial charge in [0.1, 0.15) is 12.6 Å². The molecule has 33 heavy (non-hydrogen) atoms. The Kier molecular flexibility index (Phi) is 4.86. The maximum atomic E-state index is 13.5. The average Bonchev–Trinajstić information content (AvgIpc) is 3.16. The summed E-state index contributed by atoms with van der Waals surface area (Å²) in [6.07, 6.45) is 0.107. The van der Waals surface area contributed by atoms with Crippen LogP contribution in [0, 0.1) is 5.92 Å². The van der Waals surface area contributed by atoms with Gasteiger partial charge in [-0.25, -0.2) is 9.78 Å². The first-order valence-corrected chi connectivity index (χ1v) is 11.1. The molecule has 0 spiro atoms. The second kappa shape index (κ2) is 7.52. The number of esters is 2. The highest BCUT2D eigenvalue weighted by molar-refractivity contribution is 5.89. The number of para-hydroxylation sites is 1. The minimum absolute atomic E-state index is 0.107. The standard InChI is InChI=1S/C25H25N3O5/c1-4-25(33-23(30)20(26)13(2)3)17-10-19-21-15(9-14-7-5-6-8-18(14)27-21)11-28(19)22(29)16(17)12-32-24(25)31/h5-10,13,20H,4,11-12,26H2,1-3H3/t20-,25+/m0/s1. The van der Waals surface area contributed by atoms with Crippen molar-refractivity contribution in [3.63, 3.8) is 0 Å². The van der Waals surface area contributed by atoms with Crippen molar-refractivity contribution in [2.45, 2.75) is 52.0 Å². The predicted octanol–water partition coefficient (Wildman–Crippen LogP) is 2.61. The molecule has 0 bridgehead atoms. The largest absolute Gasteiger partial charge is 0.457 e. The van der Waals surface area contributed by atoms with E-state index in [-0.39, 0.29) is 24.5 Å². The fourth-order valence-electron chi connectivity index (χ4n) is 4.59. The minimum Gasteiger partial charge on any atom is -0.457 e. The highest BCUT2D eigenvalue weighted by atomic mass is 16.6. The third-order valence-electron chi connectivity index (χ3n) is 6.65. The van der Waals surface area contributed by atoms with Crippen LogP contribution in [-0.4, -0.2) is 27.5 Å². The van der Waals surface area contributed by atoms with E-state index in [2.05, 4.69) is 0 Å². The van der Waals surface area contributed by atoms with E-state index in [0.717, 1.165) is 16.5 Å². The number of nitrogens with two attached hydrogens (primary N) is 1. The number of rotatable bonds is 4. The number of benzene rings is 1. The van der Waals surface area contributed by atoms with Gasteiger partial charge in [0.2, 0.25) is 5.60 Å². The molecule has 3 aromatic rings. The molecule has 2 atom stereocenters. The zero-order valence-electron chi connectivity index (χ0n) is 18.8. The number of hydrogen-bond donors (Lipinski definition) is 1. The van der Waals surface area contributed by atoms with Gasteiger partial charge in [0.25, 0.3) is 5.56 Å². The monoisotopic (exact) mass is 447 g/mol. The molecule has 0 saturated carbocycles. The van der Waals surface area contributed by atoms with Gasteiger partial charge in [0, 0.05) is 16.5 Å². The lowest BCUT2D eigenvalue weighted by Crippen LogP contribution is -2.50. The quantitative estimate of drug-likeness (QED) is 0.478. The van der Waals surface area contributed by atoms with Gasteiger partial charge >= 0.3 is 11.9 Å². The summed E-state index contributed by atoms with van der Waals surface area (Å²) in [7, 11) is 0. The SMILES string of the molecule is CC[C@]1(OC(=O)[C@@H](N)C(C)C)C(=O)OCc2c1cc1n(c2=O)Cc2cc3ccccc3nc2-1. The van der Waals surface area contributed by atoms with Crippen LogP contribution in [0.1, 0.15) is 43.9 Å². The maximum Gasteiger partial charge on any atom is 0.355 e. The highest BCUT2D eigenvalue weighted by Gasteiger charge is 2.51. The van der Waals surface area contributed by atoms with Crippen molar-refractivity contribution >= 4 is 22.8 Å². The lowest BCUT2D eigenvalue weighted by atomic mass is 9.85. The van der Waals surface area contributed by atoms with Gasteiger partial charge < -0.3 is 19.8 Å². The number of carbonyl (C=O) groups is 2. The summed E-state index contributed by atoms with van der Waals surface area (Å²) in [5.74, 6) is -1.59. The first-order valence-electron chi connectivity index (χ1n) is 11.1. The molecule has 2 aliphatic heterocycles. The number of nitrogens with zero attached hydrogens (tertiary/aromatic N) is 2. The lowest BCUT2D eigenvalue weighted by Gasteiger charge is -2.36. The molecule has 0 amide bonds. The zero-order chi connectivity index (χ0) is 23.5. The Morgan fingerprint density at radius 1 is 1.27 bits per heavy atom. The number of carbonyl (C=O) groups excluding carboxylic acids is 2. The topological polar surface area (TPSA) is 114 Å². The van der Waals surface area contributed by atoms with Crippen molar-refractivity contribution < 1.29 is 19.1 Å². The molecule has 2 N–H and O–H groups in total. The Bertz CT molecular complexity index is 1380. The molecule has 5 rings (SSSR count). The third kappa shape index (κ3) is 3.08. The molecule has 1 aromatic carbocycles. The molecule has 0 saturated heterocycles. The molecule has 2 aromatic heterocycles. The number of aromatic nitrogens is 2. The molecular weight excluding hydrogens is 422 g/mol. The van der Waals surface area contributed by atoms with Crippen LogP contribution in [0.15, 0.2) is 41.2 Å². The van der Waals surface area contributed by atoms with E-state index in [1.165, 1.54) is 0 Å². The second-order valence-corrected chi connectivity index (χ2v) is 8.95. The number of cyclic esters (lactones) is 1. The fraction of sp³-hybridized carbons (Fsp3) is 0.360. The van der Waals surface area contributed by atoms with Crippen LogP contribution in [0.3, 0.4) is 0 Å². The summed E-state index contributed by atoms with van der Waals surface area (Å²) in [4.78, 5) is 44.1. The van der Waals surface area contributed by atoms with Crippen molar-refractivity contribution in [2.24, 2.45) is 11.7 Å². The van der Waals surface area contributed by atoms with Gasteiger partial charge in [0.05, 0.1) is 29.0 Å². The van der Waals surface area contributed by atoms with Crippen LogP contribution in [0.2, 0.25) is 0 Å². The van der Waals surface area contributed by atoms with Crippen molar-refractivity contribution in [3.05, 3.63) is 63.4 Å². The van der Waals surface area contributed by atoms with E-state index in [0.29, 0.717) is 29.1 Å². The fourth-order valence-corrected chi connectivity index (χ4v) is 4.59. The smallest absolute Gasteiger partial charge is 0.355 e. The second-order valence-electron chi connectivity index (χ2n) is 8.95. The summed E-state index contributed by atoms with van der Waals surface area (Å²) in [6, 6.07) is 10.6. The van der Waals surface area contributed by atoms with Crippen LogP contribution < -0.4 is 11.3 Å². The van der Waals surface area contributed by atoms with Gasteiger partial charge in [-0.05, 0) is 30.5 Å². The summed E-state index contributed by atoms with van der Waals surface area (Å²) >= 11 is 0. The van der Waals surface area contributed by atoms with Gasteiger partial charge in [-0.2, -0.15) is 0 Å². The zero-order valence-corrected chi connectivity index (χ0v) is 18.8. The Labute approximate surface area is 190 Å². The van der Waals surface area contributed by atoms with Crippen molar-refractivity contribution in [2.75, 3.05) is 0 Å². The van der Waals surface area contributed by atoms with Crippen LogP contribution in [0.25, 0.3) is 22.3 Å². The van der Waals surface area contributed by atoms with E-state index in [4.69, 9.17) is 20.2 Å². The van der Waals surface area contributed by atoms with Crippen LogP contribution in [0.4, 0.5) is 0 Å². The Morgan fingerprint density at radius 3 is 2.76 bits per heavy atom. The van der Waals surface area contributed by atoms with Gasteiger partial charge in [-0.15, -0.1) is 0 Å². The predicted molar refractivity (Wildman–Crippen MR) is 121 cm³/mol. The molecule has 0 radical (unpaired) electrons. The molecule has 0 fully saturated rings. The Hall–Kier alpha value is -3.52. The molecule has 0 unspecified atom stereocenters. The molecular formula is C25H25N3O5. The van der Waals surface area contributed by atoms with E-state index in [1.807, 2.05) is 30.3 Å². The average molecular weight is 447 g/mol. The van der Waals surface area contributed by atoms with Crippen LogP contribution in [-0.2, 0) is 37.8 Å². The van der Waals surface area contributed by atoms with Crippen molar-refractivity contribution in [3.8, 4) is 11.4 Å². The van der Waals surface area contributed by atoms with E-state index in [1.54, 1.807) is 31.4 Å². The number of pyridine rings is 2. The molecule has 8 heteroatoms. The van der Waals surface area contributed by atoms with E-state index >= 15 is 0 Å². The number of hydrogen-bond acceptors (Lipinski definition) is 7. The van der Waals surface area contributed by atoms with Crippen LogP contribution >= 0.6 is 0 Å². The normalized spacial score (nSPS) is 19.6. The van der Waals surface area contributed by atoms with Crippen molar-refractivity contribution in [1.29, 1.82) is 0 Å². The Morgan fingerprint density at radius 2 is 2.03 bits per heavy atom. The highest BCUT2D eigenvalue weighted by Crippen LogP contribution is 2.41. The maximum absolute atomic E-state index is 13.5. The summed E-state index contributed by atoms with van der Waals surface area (Å²) in [5, 5.41) is 0.986. The first-order chi connectivity index (χ1) is 15.8. The van der Waals surface area contributed by atoms with Gasteiger partial charge in [-0.3, -0.25) is 9.59 Å². The molecule has 4 heterocycles. The van der Waals surface area contributed by atoms with E-state index in [9.17, 15) is 14.4 Å². The first kappa shape index (κ1) is 21.3.